The number of nitrogens with zero attached hydrogens (tertiary/aromatic N) is 1. The fourth-order valence-corrected chi connectivity index (χ4v) is 3.93. The monoisotopic (exact) mass is 382 g/mol. The van der Waals surface area contributed by atoms with Gasteiger partial charge < -0.3 is 10.2 Å². The van der Waals surface area contributed by atoms with E-state index in [0.29, 0.717) is 18.7 Å². The average Bonchev–Trinajstić information content (AvgIpc) is 2.68. The van der Waals surface area contributed by atoms with Crippen LogP contribution in [0.2, 0.25) is 0 Å². The molecule has 0 spiro atoms. The van der Waals surface area contributed by atoms with E-state index in [1.165, 1.54) is 11.1 Å². The second-order valence-electron chi connectivity index (χ2n) is 6.93. The summed E-state index contributed by atoms with van der Waals surface area (Å²) in [4.78, 5) is 26.0. The fraction of sp³-hybridized carbons (Fsp3) is 0.364. The van der Waals surface area contributed by atoms with E-state index in [2.05, 4.69) is 36.5 Å². The number of hydrogen-bond donors (Lipinski definition) is 1. The van der Waals surface area contributed by atoms with Crippen LogP contribution in [0.3, 0.4) is 0 Å². The average molecular weight is 383 g/mol. The molecule has 142 valence electrons. The fourth-order valence-electron chi connectivity index (χ4n) is 3.11. The number of amides is 2. The minimum atomic E-state index is 0.0339. The summed E-state index contributed by atoms with van der Waals surface area (Å²) in [5.74, 6) is 1.50. The zero-order chi connectivity index (χ0) is 19.1. The van der Waals surface area contributed by atoms with Gasteiger partial charge in [0.05, 0.1) is 5.75 Å². The van der Waals surface area contributed by atoms with Gasteiger partial charge in [0.25, 0.3) is 0 Å². The molecule has 1 aliphatic heterocycles. The van der Waals surface area contributed by atoms with Gasteiger partial charge in [0.15, 0.2) is 0 Å². The maximum absolute atomic E-state index is 12.1. The van der Waals surface area contributed by atoms with Crippen LogP contribution in [0.4, 0.5) is 5.69 Å². The first kappa shape index (κ1) is 19.5. The van der Waals surface area contributed by atoms with Gasteiger partial charge in [-0.3, -0.25) is 9.59 Å². The summed E-state index contributed by atoms with van der Waals surface area (Å²) >= 11 is 1.62. The number of benzene rings is 2. The number of piperidine rings is 1. The lowest BCUT2D eigenvalue weighted by Crippen LogP contribution is -2.35. The first-order valence-corrected chi connectivity index (χ1v) is 10.6. The Hall–Kier alpha value is -2.27. The highest BCUT2D eigenvalue weighted by molar-refractivity contribution is 7.99. The third kappa shape index (κ3) is 5.86. The molecule has 5 heteroatoms. The zero-order valence-electron chi connectivity index (χ0n) is 15.7. The molecule has 0 atom stereocenters. The molecule has 27 heavy (non-hydrogen) atoms. The van der Waals surface area contributed by atoms with E-state index in [0.717, 1.165) is 36.4 Å². The van der Waals surface area contributed by atoms with Crippen molar-refractivity contribution in [1.82, 2.24) is 5.32 Å². The normalized spacial score (nSPS) is 14.3. The van der Waals surface area contributed by atoms with Gasteiger partial charge in [0, 0.05) is 31.0 Å². The molecule has 0 saturated carbocycles. The van der Waals surface area contributed by atoms with Crippen molar-refractivity contribution in [1.29, 1.82) is 0 Å². The SMILES string of the molecule is Cc1ccc(CSCC(=O)NCc2cccc(N3CCCCC3=O)c2)cc1. The number of carbonyl (C=O) groups excluding carboxylic acids is 2. The van der Waals surface area contributed by atoms with Crippen LogP contribution >= 0.6 is 11.8 Å². The van der Waals surface area contributed by atoms with E-state index in [1.54, 1.807) is 11.8 Å². The summed E-state index contributed by atoms with van der Waals surface area (Å²) in [6.07, 6.45) is 2.65. The molecule has 2 amide bonds. The van der Waals surface area contributed by atoms with Crippen molar-refractivity contribution in [3.63, 3.8) is 0 Å². The van der Waals surface area contributed by atoms with Gasteiger partial charge in [-0.25, -0.2) is 0 Å². The minimum Gasteiger partial charge on any atom is -0.351 e. The summed E-state index contributed by atoms with van der Waals surface area (Å²) < 4.78 is 0. The largest absolute Gasteiger partial charge is 0.351 e. The summed E-state index contributed by atoms with van der Waals surface area (Å²) in [7, 11) is 0. The Morgan fingerprint density at radius 1 is 1.11 bits per heavy atom. The summed E-state index contributed by atoms with van der Waals surface area (Å²) in [6.45, 7) is 3.34. The van der Waals surface area contributed by atoms with Crippen molar-refractivity contribution < 1.29 is 9.59 Å². The molecule has 1 aliphatic rings. The van der Waals surface area contributed by atoms with Crippen molar-refractivity contribution >= 4 is 29.3 Å². The third-order valence-corrected chi connectivity index (χ3v) is 5.66. The van der Waals surface area contributed by atoms with Gasteiger partial charge in [-0.2, -0.15) is 0 Å². The summed E-state index contributed by atoms with van der Waals surface area (Å²) in [5.41, 5.74) is 4.43. The van der Waals surface area contributed by atoms with Gasteiger partial charge in [-0.1, -0.05) is 42.0 Å². The zero-order valence-corrected chi connectivity index (χ0v) is 16.6. The van der Waals surface area contributed by atoms with Crippen LogP contribution in [0.5, 0.6) is 0 Å². The smallest absolute Gasteiger partial charge is 0.230 e. The Balaban J connectivity index is 1.45. The molecule has 1 fully saturated rings. The molecule has 1 saturated heterocycles. The second-order valence-corrected chi connectivity index (χ2v) is 7.91. The highest BCUT2D eigenvalue weighted by atomic mass is 32.2. The molecule has 0 unspecified atom stereocenters. The lowest BCUT2D eigenvalue weighted by molar-refractivity contribution is -0.120. The predicted octanol–water partition coefficient (Wildman–Crippen LogP) is 4.06. The van der Waals surface area contributed by atoms with Crippen LogP contribution in [0, 0.1) is 6.92 Å². The number of carbonyl (C=O) groups is 2. The van der Waals surface area contributed by atoms with Crippen LogP contribution in [0.25, 0.3) is 0 Å². The molecular formula is C22H26N2O2S. The number of hydrogen-bond acceptors (Lipinski definition) is 3. The van der Waals surface area contributed by atoms with E-state index in [1.807, 2.05) is 29.2 Å². The minimum absolute atomic E-state index is 0.0339. The molecule has 0 bridgehead atoms. The lowest BCUT2D eigenvalue weighted by Gasteiger charge is -2.27. The molecule has 1 heterocycles. The summed E-state index contributed by atoms with van der Waals surface area (Å²) in [6, 6.07) is 16.3. The van der Waals surface area contributed by atoms with Crippen molar-refractivity contribution in [3.05, 3.63) is 65.2 Å². The maximum Gasteiger partial charge on any atom is 0.230 e. The summed E-state index contributed by atoms with van der Waals surface area (Å²) in [5, 5.41) is 2.97. The number of thioether (sulfide) groups is 1. The van der Waals surface area contributed by atoms with Crippen LogP contribution in [-0.2, 0) is 21.9 Å². The molecule has 1 N–H and O–H groups in total. The number of rotatable bonds is 7. The quantitative estimate of drug-likeness (QED) is 0.786. The molecule has 0 radical (unpaired) electrons. The van der Waals surface area contributed by atoms with Gasteiger partial charge in [0.2, 0.25) is 11.8 Å². The van der Waals surface area contributed by atoms with Gasteiger partial charge in [0.1, 0.15) is 0 Å². The lowest BCUT2D eigenvalue weighted by atomic mass is 10.1. The number of anilines is 1. The Kier molecular flexibility index (Phi) is 6.93. The molecule has 4 nitrogen and oxygen atoms in total. The van der Waals surface area contributed by atoms with E-state index in [-0.39, 0.29) is 11.8 Å². The predicted molar refractivity (Wildman–Crippen MR) is 112 cm³/mol. The standard InChI is InChI=1S/C22H26N2O2S/c1-17-8-10-18(11-9-17)15-27-16-21(25)23-14-19-5-4-6-20(13-19)24-12-3-2-7-22(24)26/h4-6,8-11,13H,2-3,7,12,14-16H2,1H3,(H,23,25). The van der Waals surface area contributed by atoms with E-state index in [9.17, 15) is 9.59 Å². The first-order chi connectivity index (χ1) is 13.1. The van der Waals surface area contributed by atoms with E-state index in [4.69, 9.17) is 0 Å². The van der Waals surface area contributed by atoms with Crippen molar-refractivity contribution in [2.75, 3.05) is 17.2 Å². The molecule has 0 aliphatic carbocycles. The highest BCUT2D eigenvalue weighted by Gasteiger charge is 2.19. The van der Waals surface area contributed by atoms with Crippen LogP contribution < -0.4 is 10.2 Å². The Morgan fingerprint density at radius 3 is 2.70 bits per heavy atom. The Morgan fingerprint density at radius 2 is 1.93 bits per heavy atom. The molecular weight excluding hydrogens is 356 g/mol. The molecule has 0 aromatic heterocycles. The Bertz CT molecular complexity index is 789. The van der Waals surface area contributed by atoms with Crippen LogP contribution in [0.1, 0.15) is 36.0 Å². The number of nitrogens with one attached hydrogen (secondary N) is 1. The Labute approximate surface area is 165 Å². The van der Waals surface area contributed by atoms with Crippen LogP contribution in [-0.4, -0.2) is 24.1 Å². The van der Waals surface area contributed by atoms with Crippen molar-refractivity contribution in [2.24, 2.45) is 0 Å². The third-order valence-electron chi connectivity index (χ3n) is 4.66. The van der Waals surface area contributed by atoms with Gasteiger partial charge in [-0.15, -0.1) is 11.8 Å². The maximum atomic E-state index is 12.1. The first-order valence-electron chi connectivity index (χ1n) is 9.41. The number of aryl methyl sites for hydroxylation is 1. The highest BCUT2D eigenvalue weighted by Crippen LogP contribution is 2.22. The molecule has 2 aromatic carbocycles. The van der Waals surface area contributed by atoms with E-state index < -0.39 is 0 Å². The van der Waals surface area contributed by atoms with Gasteiger partial charge >= 0.3 is 0 Å². The molecule has 3 rings (SSSR count). The second kappa shape index (κ2) is 9.60. The van der Waals surface area contributed by atoms with Crippen molar-refractivity contribution in [3.8, 4) is 0 Å². The van der Waals surface area contributed by atoms with Gasteiger partial charge in [-0.05, 0) is 43.0 Å². The van der Waals surface area contributed by atoms with E-state index >= 15 is 0 Å². The molecule has 2 aromatic rings. The topological polar surface area (TPSA) is 49.4 Å². The van der Waals surface area contributed by atoms with Crippen molar-refractivity contribution in [2.45, 2.75) is 38.5 Å². The van der Waals surface area contributed by atoms with Crippen LogP contribution in [0.15, 0.2) is 48.5 Å².